The first-order valence-corrected chi connectivity index (χ1v) is 7.17. The minimum absolute atomic E-state index is 0.0681. The molecule has 6 heteroatoms. The molecule has 0 heterocycles. The van der Waals surface area contributed by atoms with E-state index in [4.69, 9.17) is 11.5 Å². The van der Waals surface area contributed by atoms with E-state index in [0.29, 0.717) is 17.0 Å². The molecule has 0 bridgehead atoms. The number of anilines is 1. The topological polar surface area (TPSA) is 98.2 Å². The van der Waals surface area contributed by atoms with E-state index in [-0.39, 0.29) is 11.9 Å². The van der Waals surface area contributed by atoms with Crippen molar-refractivity contribution in [1.82, 2.24) is 0 Å². The van der Waals surface area contributed by atoms with E-state index in [1.165, 1.54) is 0 Å². The summed E-state index contributed by atoms with van der Waals surface area (Å²) in [5.74, 6) is 0.710. The minimum Gasteiger partial charge on any atom is -0.366 e. The van der Waals surface area contributed by atoms with Gasteiger partial charge in [-0.1, -0.05) is 0 Å². The Morgan fingerprint density at radius 2 is 1.95 bits per heavy atom. The lowest BCUT2D eigenvalue weighted by Gasteiger charge is -2.06. The van der Waals surface area contributed by atoms with Gasteiger partial charge in [0.1, 0.15) is 0 Å². The number of primary amides is 1. The third kappa shape index (κ3) is 6.26. The van der Waals surface area contributed by atoms with Crippen LogP contribution in [0.25, 0.3) is 0 Å². The highest BCUT2D eigenvalue weighted by Gasteiger charge is 2.04. The maximum atomic E-state index is 11.6. The molecule has 1 rings (SSSR count). The lowest BCUT2D eigenvalue weighted by atomic mass is 10.2. The summed E-state index contributed by atoms with van der Waals surface area (Å²) < 4.78 is 0. The van der Waals surface area contributed by atoms with Crippen LogP contribution in [0.2, 0.25) is 0 Å². The van der Waals surface area contributed by atoms with Crippen LogP contribution in [-0.4, -0.2) is 29.4 Å². The molecule has 104 valence electrons. The summed E-state index contributed by atoms with van der Waals surface area (Å²) in [7, 11) is 0. The number of hydrogen-bond acceptors (Lipinski definition) is 4. The highest BCUT2D eigenvalue weighted by molar-refractivity contribution is 7.99. The van der Waals surface area contributed by atoms with Crippen molar-refractivity contribution in [1.29, 1.82) is 0 Å². The highest BCUT2D eigenvalue weighted by atomic mass is 32.2. The summed E-state index contributed by atoms with van der Waals surface area (Å²) in [5.41, 5.74) is 11.8. The van der Waals surface area contributed by atoms with E-state index in [2.05, 4.69) is 5.32 Å². The van der Waals surface area contributed by atoms with Gasteiger partial charge in [-0.25, -0.2) is 0 Å². The van der Waals surface area contributed by atoms with E-state index in [1.807, 2.05) is 6.92 Å². The molecule has 0 saturated heterocycles. The van der Waals surface area contributed by atoms with Gasteiger partial charge in [-0.2, -0.15) is 11.8 Å². The third-order valence-corrected chi connectivity index (χ3v) is 3.39. The molecule has 0 aliphatic heterocycles. The Kier molecular flexibility index (Phi) is 6.38. The largest absolute Gasteiger partial charge is 0.366 e. The van der Waals surface area contributed by atoms with Crippen LogP contribution in [0.3, 0.4) is 0 Å². The predicted molar refractivity (Wildman–Crippen MR) is 79.2 cm³/mol. The summed E-state index contributed by atoms with van der Waals surface area (Å²) in [4.78, 5) is 22.5. The van der Waals surface area contributed by atoms with Crippen molar-refractivity contribution in [2.45, 2.75) is 19.4 Å². The van der Waals surface area contributed by atoms with Crippen molar-refractivity contribution in [2.24, 2.45) is 11.5 Å². The summed E-state index contributed by atoms with van der Waals surface area (Å²) in [6, 6.07) is 6.65. The molecule has 2 amide bonds. The van der Waals surface area contributed by atoms with Crippen molar-refractivity contribution in [2.75, 3.05) is 16.8 Å². The molecular formula is C13H19N3O2S. The number of carbonyl (C=O) groups excluding carboxylic acids is 2. The van der Waals surface area contributed by atoms with E-state index < -0.39 is 5.91 Å². The lowest BCUT2D eigenvalue weighted by Crippen LogP contribution is -2.17. The smallest absolute Gasteiger partial charge is 0.248 e. The van der Waals surface area contributed by atoms with Gasteiger partial charge in [0, 0.05) is 17.3 Å². The van der Waals surface area contributed by atoms with Crippen molar-refractivity contribution in [3.8, 4) is 0 Å². The molecule has 0 aliphatic rings. The molecule has 1 aromatic rings. The number of nitrogens with two attached hydrogens (primary N) is 2. The van der Waals surface area contributed by atoms with Crippen LogP contribution in [0.1, 0.15) is 23.7 Å². The van der Waals surface area contributed by atoms with E-state index in [1.54, 1.807) is 36.0 Å². The Morgan fingerprint density at radius 1 is 1.32 bits per heavy atom. The molecule has 0 aliphatic carbocycles. The van der Waals surface area contributed by atoms with Gasteiger partial charge in [0.15, 0.2) is 0 Å². The molecule has 1 aromatic carbocycles. The first kappa shape index (κ1) is 15.5. The fraction of sp³-hybridized carbons (Fsp3) is 0.385. The first-order chi connectivity index (χ1) is 8.99. The van der Waals surface area contributed by atoms with Crippen LogP contribution in [0.5, 0.6) is 0 Å². The average molecular weight is 281 g/mol. The normalized spacial score (nSPS) is 11.9. The molecular weight excluding hydrogens is 262 g/mol. The fourth-order valence-corrected chi connectivity index (χ4v) is 2.29. The molecule has 1 atom stereocenters. The Morgan fingerprint density at radius 3 is 2.47 bits per heavy atom. The second kappa shape index (κ2) is 7.81. The minimum atomic E-state index is -0.482. The standard InChI is InChI=1S/C13H19N3O2S/c1-9(14)6-7-19-8-12(17)16-11-4-2-10(3-5-11)13(15)18/h2-5,9H,6-8,14H2,1H3,(H2,15,18)(H,16,17). The highest BCUT2D eigenvalue weighted by Crippen LogP contribution is 2.10. The van der Waals surface area contributed by atoms with Gasteiger partial charge in [-0.15, -0.1) is 0 Å². The SMILES string of the molecule is CC(N)CCSCC(=O)Nc1ccc(C(N)=O)cc1. The molecule has 5 N–H and O–H groups in total. The number of amides is 2. The fourth-order valence-electron chi connectivity index (χ4n) is 1.35. The Balaban J connectivity index is 2.34. The summed E-state index contributed by atoms with van der Waals surface area (Å²) in [6.07, 6.45) is 0.894. The van der Waals surface area contributed by atoms with Crippen LogP contribution in [0, 0.1) is 0 Å². The Labute approximate surface area is 117 Å². The van der Waals surface area contributed by atoms with Gasteiger partial charge in [0.25, 0.3) is 0 Å². The van der Waals surface area contributed by atoms with Crippen LogP contribution in [0.4, 0.5) is 5.69 Å². The van der Waals surface area contributed by atoms with E-state index in [9.17, 15) is 9.59 Å². The number of carbonyl (C=O) groups is 2. The second-order valence-corrected chi connectivity index (χ2v) is 5.41. The molecule has 0 aromatic heterocycles. The van der Waals surface area contributed by atoms with Gasteiger partial charge < -0.3 is 16.8 Å². The number of thioether (sulfide) groups is 1. The third-order valence-electron chi connectivity index (χ3n) is 2.40. The molecule has 5 nitrogen and oxygen atoms in total. The Bertz CT molecular complexity index is 432. The average Bonchev–Trinajstić information content (AvgIpc) is 2.35. The van der Waals surface area contributed by atoms with Crippen molar-refractivity contribution < 1.29 is 9.59 Å². The number of rotatable bonds is 7. The predicted octanol–water partition coefficient (Wildman–Crippen LogP) is 1.19. The van der Waals surface area contributed by atoms with Gasteiger partial charge >= 0.3 is 0 Å². The molecule has 19 heavy (non-hydrogen) atoms. The van der Waals surface area contributed by atoms with Crippen LogP contribution in [-0.2, 0) is 4.79 Å². The zero-order valence-electron chi connectivity index (χ0n) is 10.9. The van der Waals surface area contributed by atoms with Gasteiger partial charge in [-0.3, -0.25) is 9.59 Å². The van der Waals surface area contributed by atoms with Crippen molar-refractivity contribution >= 4 is 29.3 Å². The number of nitrogens with one attached hydrogen (secondary N) is 1. The molecule has 0 fully saturated rings. The van der Waals surface area contributed by atoms with E-state index in [0.717, 1.165) is 12.2 Å². The van der Waals surface area contributed by atoms with Gasteiger partial charge in [0.2, 0.25) is 11.8 Å². The van der Waals surface area contributed by atoms with Crippen molar-refractivity contribution in [3.05, 3.63) is 29.8 Å². The maximum Gasteiger partial charge on any atom is 0.248 e. The molecule has 0 saturated carbocycles. The maximum absolute atomic E-state index is 11.6. The molecule has 1 unspecified atom stereocenters. The monoisotopic (exact) mass is 281 g/mol. The van der Waals surface area contributed by atoms with Crippen LogP contribution >= 0.6 is 11.8 Å². The van der Waals surface area contributed by atoms with Crippen LogP contribution < -0.4 is 16.8 Å². The second-order valence-electron chi connectivity index (χ2n) is 4.31. The summed E-state index contributed by atoms with van der Waals surface area (Å²) >= 11 is 1.55. The molecule has 0 radical (unpaired) electrons. The zero-order valence-corrected chi connectivity index (χ0v) is 11.7. The number of hydrogen-bond donors (Lipinski definition) is 3. The Hall–Kier alpha value is -1.53. The quantitative estimate of drug-likeness (QED) is 0.654. The summed E-state index contributed by atoms with van der Waals surface area (Å²) in [6.45, 7) is 1.95. The lowest BCUT2D eigenvalue weighted by molar-refractivity contribution is -0.113. The van der Waals surface area contributed by atoms with E-state index >= 15 is 0 Å². The van der Waals surface area contributed by atoms with Gasteiger partial charge in [0.05, 0.1) is 5.75 Å². The van der Waals surface area contributed by atoms with Gasteiger partial charge in [-0.05, 0) is 43.4 Å². The zero-order chi connectivity index (χ0) is 14.3. The first-order valence-electron chi connectivity index (χ1n) is 6.02. The number of benzene rings is 1. The summed E-state index contributed by atoms with van der Waals surface area (Å²) in [5, 5.41) is 2.75. The van der Waals surface area contributed by atoms with Crippen molar-refractivity contribution in [3.63, 3.8) is 0 Å². The van der Waals surface area contributed by atoms with Crippen LogP contribution in [0.15, 0.2) is 24.3 Å². The molecule has 0 spiro atoms.